The SMILES string of the molecule is CCCCN(CC)C(C(N)=S)c1ccccc1. The Morgan fingerprint density at radius 2 is 1.94 bits per heavy atom. The van der Waals surface area contributed by atoms with Gasteiger partial charge in [0.15, 0.2) is 0 Å². The van der Waals surface area contributed by atoms with Crippen molar-refractivity contribution in [3.05, 3.63) is 35.9 Å². The molecule has 0 aromatic heterocycles. The molecule has 0 aliphatic heterocycles. The molecule has 1 rings (SSSR count). The second kappa shape index (κ2) is 7.41. The second-order valence-corrected chi connectivity index (χ2v) is 4.67. The summed E-state index contributed by atoms with van der Waals surface area (Å²) in [6, 6.07) is 10.4. The number of likely N-dealkylation sites (N-methyl/N-ethyl adjacent to an activating group) is 1. The van der Waals surface area contributed by atoms with Gasteiger partial charge in [-0.15, -0.1) is 0 Å². The Bertz CT molecular complexity index is 337. The van der Waals surface area contributed by atoms with Gasteiger partial charge in [0.2, 0.25) is 0 Å². The normalized spacial score (nSPS) is 12.6. The van der Waals surface area contributed by atoms with E-state index in [1.807, 2.05) is 18.2 Å². The molecule has 0 aliphatic carbocycles. The molecule has 0 amide bonds. The first kappa shape index (κ1) is 14.1. The van der Waals surface area contributed by atoms with Gasteiger partial charge in [-0.2, -0.15) is 0 Å². The lowest BCUT2D eigenvalue weighted by Gasteiger charge is -2.30. The van der Waals surface area contributed by atoms with E-state index in [-0.39, 0.29) is 6.04 Å². The molecule has 2 N–H and O–H groups in total. The topological polar surface area (TPSA) is 29.3 Å². The predicted molar refractivity (Wildman–Crippen MR) is 78.1 cm³/mol. The Morgan fingerprint density at radius 3 is 2.41 bits per heavy atom. The summed E-state index contributed by atoms with van der Waals surface area (Å²) in [6.07, 6.45) is 2.37. The Morgan fingerprint density at radius 1 is 1.29 bits per heavy atom. The first-order valence-corrected chi connectivity index (χ1v) is 6.69. The van der Waals surface area contributed by atoms with E-state index in [1.54, 1.807) is 0 Å². The summed E-state index contributed by atoms with van der Waals surface area (Å²) < 4.78 is 0. The number of nitrogens with zero attached hydrogens (tertiary/aromatic N) is 1. The van der Waals surface area contributed by atoms with Crippen LogP contribution in [0.3, 0.4) is 0 Å². The molecule has 0 saturated heterocycles. The Balaban J connectivity index is 2.87. The molecule has 1 atom stereocenters. The van der Waals surface area contributed by atoms with Crippen LogP contribution >= 0.6 is 12.2 Å². The van der Waals surface area contributed by atoms with E-state index in [2.05, 4.69) is 30.9 Å². The Hall–Kier alpha value is -0.930. The van der Waals surface area contributed by atoms with Gasteiger partial charge in [0.1, 0.15) is 0 Å². The molecule has 1 unspecified atom stereocenters. The van der Waals surface area contributed by atoms with Crippen LogP contribution in [0.5, 0.6) is 0 Å². The molecule has 0 spiro atoms. The van der Waals surface area contributed by atoms with Gasteiger partial charge in [0, 0.05) is 0 Å². The summed E-state index contributed by atoms with van der Waals surface area (Å²) in [5.74, 6) is 0. The molecular formula is C14H22N2S. The van der Waals surface area contributed by atoms with Gasteiger partial charge in [0.25, 0.3) is 0 Å². The Labute approximate surface area is 110 Å². The number of unbranched alkanes of at least 4 members (excludes halogenated alkanes) is 1. The van der Waals surface area contributed by atoms with E-state index in [0.717, 1.165) is 13.1 Å². The quantitative estimate of drug-likeness (QED) is 0.754. The number of nitrogens with two attached hydrogens (primary N) is 1. The fraction of sp³-hybridized carbons (Fsp3) is 0.500. The number of benzene rings is 1. The van der Waals surface area contributed by atoms with E-state index >= 15 is 0 Å². The molecule has 94 valence electrons. The molecule has 0 aliphatic rings. The van der Waals surface area contributed by atoms with Crippen molar-refractivity contribution in [1.29, 1.82) is 0 Å². The third-order valence-corrected chi connectivity index (χ3v) is 3.18. The largest absolute Gasteiger partial charge is 0.392 e. The summed E-state index contributed by atoms with van der Waals surface area (Å²) in [4.78, 5) is 2.91. The van der Waals surface area contributed by atoms with Gasteiger partial charge in [-0.05, 0) is 25.1 Å². The van der Waals surface area contributed by atoms with E-state index in [4.69, 9.17) is 18.0 Å². The van der Waals surface area contributed by atoms with E-state index in [9.17, 15) is 0 Å². The number of hydrogen-bond acceptors (Lipinski definition) is 2. The van der Waals surface area contributed by atoms with Crippen molar-refractivity contribution in [2.45, 2.75) is 32.7 Å². The van der Waals surface area contributed by atoms with Crippen LogP contribution < -0.4 is 5.73 Å². The molecular weight excluding hydrogens is 228 g/mol. The molecule has 0 fully saturated rings. The summed E-state index contributed by atoms with van der Waals surface area (Å²) in [6.45, 7) is 6.37. The lowest BCUT2D eigenvalue weighted by molar-refractivity contribution is 0.253. The van der Waals surface area contributed by atoms with Crippen LogP contribution in [-0.4, -0.2) is 23.0 Å². The highest BCUT2D eigenvalue weighted by atomic mass is 32.1. The summed E-state index contributed by atoms with van der Waals surface area (Å²) in [7, 11) is 0. The highest BCUT2D eigenvalue weighted by Crippen LogP contribution is 2.21. The van der Waals surface area contributed by atoms with E-state index < -0.39 is 0 Å². The van der Waals surface area contributed by atoms with Crippen molar-refractivity contribution < 1.29 is 0 Å². The predicted octanol–water partition coefficient (Wildman–Crippen LogP) is 3.14. The van der Waals surface area contributed by atoms with Gasteiger partial charge in [-0.25, -0.2) is 0 Å². The standard InChI is InChI=1S/C14H22N2S/c1-3-5-11-16(4-2)13(14(15)17)12-9-7-6-8-10-12/h6-10,13H,3-5,11H2,1-2H3,(H2,15,17). The monoisotopic (exact) mass is 250 g/mol. The maximum absolute atomic E-state index is 5.91. The van der Waals surface area contributed by atoms with Crippen LogP contribution in [0.25, 0.3) is 0 Å². The van der Waals surface area contributed by atoms with Crippen molar-refractivity contribution in [1.82, 2.24) is 4.90 Å². The molecule has 0 saturated carbocycles. The highest BCUT2D eigenvalue weighted by Gasteiger charge is 2.20. The van der Waals surface area contributed by atoms with Crippen molar-refractivity contribution >= 4 is 17.2 Å². The zero-order valence-corrected chi connectivity index (χ0v) is 11.5. The van der Waals surface area contributed by atoms with Crippen molar-refractivity contribution in [3.63, 3.8) is 0 Å². The molecule has 0 heterocycles. The van der Waals surface area contributed by atoms with Crippen LogP contribution in [0.15, 0.2) is 30.3 Å². The molecule has 1 aromatic carbocycles. The summed E-state index contributed by atoms with van der Waals surface area (Å²) in [5, 5.41) is 0. The van der Waals surface area contributed by atoms with Crippen molar-refractivity contribution in [2.75, 3.05) is 13.1 Å². The minimum Gasteiger partial charge on any atom is -0.392 e. The molecule has 2 nitrogen and oxygen atoms in total. The van der Waals surface area contributed by atoms with Gasteiger partial charge in [-0.3, -0.25) is 4.90 Å². The minimum atomic E-state index is 0.0720. The van der Waals surface area contributed by atoms with E-state index in [0.29, 0.717) is 4.99 Å². The summed E-state index contributed by atoms with van der Waals surface area (Å²) >= 11 is 5.23. The smallest absolute Gasteiger partial charge is 0.0948 e. The third-order valence-electron chi connectivity index (χ3n) is 2.96. The minimum absolute atomic E-state index is 0.0720. The van der Waals surface area contributed by atoms with Crippen molar-refractivity contribution in [3.8, 4) is 0 Å². The average molecular weight is 250 g/mol. The number of hydrogen-bond donors (Lipinski definition) is 1. The van der Waals surface area contributed by atoms with E-state index in [1.165, 1.54) is 18.4 Å². The molecule has 3 heteroatoms. The number of rotatable bonds is 7. The lowest BCUT2D eigenvalue weighted by atomic mass is 10.0. The van der Waals surface area contributed by atoms with Crippen LogP contribution in [-0.2, 0) is 0 Å². The van der Waals surface area contributed by atoms with Crippen LogP contribution in [0.2, 0.25) is 0 Å². The Kier molecular flexibility index (Phi) is 6.16. The fourth-order valence-electron chi connectivity index (χ4n) is 2.02. The average Bonchev–Trinajstić information content (AvgIpc) is 2.35. The third kappa shape index (κ3) is 4.10. The first-order chi connectivity index (χ1) is 8.20. The lowest BCUT2D eigenvalue weighted by Crippen LogP contribution is -2.37. The van der Waals surface area contributed by atoms with Crippen LogP contribution in [0.1, 0.15) is 38.3 Å². The fourth-order valence-corrected chi connectivity index (χ4v) is 2.31. The van der Waals surface area contributed by atoms with Gasteiger partial charge in [-0.1, -0.05) is 62.8 Å². The van der Waals surface area contributed by atoms with Crippen molar-refractivity contribution in [2.24, 2.45) is 5.73 Å². The molecule has 17 heavy (non-hydrogen) atoms. The summed E-state index contributed by atoms with van der Waals surface area (Å²) in [5.41, 5.74) is 7.10. The highest BCUT2D eigenvalue weighted by molar-refractivity contribution is 7.80. The number of thiocarbonyl (C=S) groups is 1. The maximum Gasteiger partial charge on any atom is 0.0948 e. The second-order valence-electron chi connectivity index (χ2n) is 4.20. The van der Waals surface area contributed by atoms with Gasteiger partial charge < -0.3 is 5.73 Å². The molecule has 0 radical (unpaired) electrons. The first-order valence-electron chi connectivity index (χ1n) is 6.29. The molecule has 0 bridgehead atoms. The van der Waals surface area contributed by atoms with Gasteiger partial charge in [0.05, 0.1) is 11.0 Å². The van der Waals surface area contributed by atoms with Crippen LogP contribution in [0.4, 0.5) is 0 Å². The van der Waals surface area contributed by atoms with Crippen LogP contribution in [0, 0.1) is 0 Å². The van der Waals surface area contributed by atoms with Gasteiger partial charge >= 0.3 is 0 Å². The zero-order valence-electron chi connectivity index (χ0n) is 10.7. The maximum atomic E-state index is 5.91. The molecule has 1 aromatic rings. The zero-order chi connectivity index (χ0) is 12.7.